The van der Waals surface area contributed by atoms with E-state index < -0.39 is 157 Å². The van der Waals surface area contributed by atoms with Crippen LogP contribution in [0.2, 0.25) is 157 Å². The number of carbonyl (C=O) groups is 2. The quantitative estimate of drug-likeness (QED) is 0.0694. The second-order valence-corrected chi connectivity index (χ2v) is 83.1. The summed E-state index contributed by atoms with van der Waals surface area (Å²) in [5.41, 5.74) is 0. The number of hydrogen-bond donors (Lipinski definition) is 0. The molecule has 7 rings (SSSR count). The van der Waals surface area contributed by atoms with Crippen LogP contribution in [0, 0.1) is 5.92 Å². The molecule has 7 fully saturated rings. The lowest BCUT2D eigenvalue weighted by molar-refractivity contribution is -0.153. The first-order valence-electron chi connectivity index (χ1n) is 23.3. The number of esters is 2. The highest BCUT2D eigenvalue weighted by Gasteiger charge is 2.92. The standard InChI is InChI=1S/C30H78O23Si16/c1-54(2,3)34-62-42-63(35-55(4,5)6)45-66(38-58(13,14)15)47-64(43-62,36-56(7,8)9)49-68(40-60(19,20)21)50-65(44-62,37-57(10,11)12)48-67(46-63,39-59(16,17)18)52-69(51-66,53-68)41-61(22,23)26-24-25-28-27-29(31)33-30(28)32/h28H,24-27H2,1-23H3. The van der Waals surface area contributed by atoms with E-state index in [1.807, 2.05) is 151 Å². The first-order chi connectivity index (χ1) is 30.5. The zero-order valence-electron chi connectivity index (χ0n) is 44.8. The van der Waals surface area contributed by atoms with Gasteiger partial charge in [-0.1, -0.05) is 6.42 Å². The Morgan fingerprint density at radius 1 is 0.362 bits per heavy atom. The number of carbonyl (C=O) groups excluding carboxylic acids is 2. The zero-order chi connectivity index (χ0) is 52.4. The summed E-state index contributed by atoms with van der Waals surface area (Å²) in [5.74, 6) is -1.68. The molecule has 7 heterocycles. The van der Waals surface area contributed by atoms with Crippen LogP contribution in [0.4, 0.5) is 0 Å². The molecule has 400 valence electrons. The molecule has 7 saturated heterocycles. The van der Waals surface area contributed by atoms with Crippen molar-refractivity contribution in [2.45, 2.75) is 176 Å². The fourth-order valence-corrected chi connectivity index (χ4v) is 73.2. The van der Waals surface area contributed by atoms with Gasteiger partial charge in [-0.25, -0.2) is 0 Å². The molecule has 0 N–H and O–H groups in total. The van der Waals surface area contributed by atoms with E-state index in [1.54, 1.807) is 0 Å². The summed E-state index contributed by atoms with van der Waals surface area (Å²) in [7, 11) is -64.9. The fraction of sp³-hybridized carbons (Fsp3) is 0.933. The summed E-state index contributed by atoms with van der Waals surface area (Å²) >= 11 is 0. The first kappa shape index (κ1) is 60.0. The second kappa shape index (κ2) is 19.0. The number of cyclic esters (lactones) is 2. The Morgan fingerprint density at radius 2 is 0.565 bits per heavy atom. The molecular formula is C30H78O23Si16. The molecule has 39 heteroatoms. The number of rotatable bonds is 20. The molecule has 7 aliphatic rings. The van der Waals surface area contributed by atoms with Crippen LogP contribution in [0.3, 0.4) is 0 Å². The summed E-state index contributed by atoms with van der Waals surface area (Å²) < 4.78 is 152. The van der Waals surface area contributed by atoms with Crippen LogP contribution in [0.15, 0.2) is 0 Å². The average molecular weight is 1260 g/mol. The third-order valence-corrected chi connectivity index (χ3v) is 61.6. The Kier molecular flexibility index (Phi) is 16.6. The van der Waals surface area contributed by atoms with E-state index in [1.165, 1.54) is 0 Å². The lowest BCUT2D eigenvalue weighted by Crippen LogP contribution is -2.93. The molecule has 0 amide bonds. The molecule has 1 unspecified atom stereocenters. The summed E-state index contributed by atoms with van der Waals surface area (Å²) in [6, 6.07) is 0.404. The predicted octanol–water partition coefficient (Wildman–Crippen LogP) is 6.79. The maximum atomic E-state index is 12.6. The van der Waals surface area contributed by atoms with Crippen LogP contribution in [-0.2, 0) is 96.6 Å². The van der Waals surface area contributed by atoms with Gasteiger partial charge in [0.2, 0.25) is 0 Å². The Labute approximate surface area is 426 Å². The molecule has 7 aliphatic heterocycles. The molecule has 0 aromatic rings. The van der Waals surface area contributed by atoms with Crippen LogP contribution in [0.5, 0.6) is 0 Å². The molecule has 0 spiro atoms. The fourth-order valence-electron chi connectivity index (χ4n) is 7.37. The van der Waals surface area contributed by atoms with E-state index in [0.29, 0.717) is 18.9 Å². The zero-order valence-corrected chi connectivity index (χ0v) is 60.8. The van der Waals surface area contributed by atoms with Gasteiger partial charge in [0.1, 0.15) is 0 Å². The van der Waals surface area contributed by atoms with Crippen molar-refractivity contribution in [3.8, 4) is 0 Å². The van der Waals surface area contributed by atoms with Gasteiger partial charge >= 0.3 is 84.3 Å². The van der Waals surface area contributed by atoms with E-state index in [9.17, 15) is 9.59 Å². The van der Waals surface area contributed by atoms with Gasteiger partial charge in [-0.2, -0.15) is 0 Å². The first-order valence-corrected chi connectivity index (χ1v) is 63.3. The summed E-state index contributed by atoms with van der Waals surface area (Å²) in [4.78, 5) is 24.6. The Bertz CT molecular complexity index is 1760. The Hall–Kier alpha value is 1.81. The third kappa shape index (κ3) is 16.2. The normalized spacial score (nSPS) is 38.2. The van der Waals surface area contributed by atoms with Crippen molar-refractivity contribution in [3.63, 3.8) is 0 Å². The summed E-state index contributed by atoms with van der Waals surface area (Å²) in [6.45, 7) is 44.4. The Morgan fingerprint density at radius 3 is 0.739 bits per heavy atom. The van der Waals surface area contributed by atoms with E-state index >= 15 is 0 Å². The molecule has 0 aliphatic carbocycles. The minimum atomic E-state index is -5.25. The Balaban J connectivity index is 1.76. The van der Waals surface area contributed by atoms with Crippen molar-refractivity contribution in [2.24, 2.45) is 5.92 Å². The molecule has 0 saturated carbocycles. The average Bonchev–Trinajstić information content (AvgIpc) is 3.25. The molecule has 1 atom stereocenters. The van der Waals surface area contributed by atoms with Crippen molar-refractivity contribution in [1.82, 2.24) is 0 Å². The van der Waals surface area contributed by atoms with Crippen LogP contribution in [0.25, 0.3) is 0 Å². The van der Waals surface area contributed by atoms with Crippen LogP contribution in [0.1, 0.15) is 19.3 Å². The van der Waals surface area contributed by atoms with Gasteiger partial charge in [0.05, 0.1) is 12.3 Å². The minimum absolute atomic E-state index is 0.000908. The maximum absolute atomic E-state index is 12.6. The maximum Gasteiger partial charge on any atom is 0.651 e. The van der Waals surface area contributed by atoms with E-state index in [2.05, 4.69) is 0 Å². The largest absolute Gasteiger partial charge is 0.651 e. The van der Waals surface area contributed by atoms with Crippen molar-refractivity contribution in [1.29, 1.82) is 0 Å². The van der Waals surface area contributed by atoms with E-state index in [-0.39, 0.29) is 6.42 Å². The SMILES string of the molecule is C[Si](C)(C)O[Si]12O[Si]3(O[Si](C)(C)C)O[Si]4(O[Si](C)(C)C)O[Si](O[Si](C)(C)C)(O1)O[Si]1(O[Si](C)(C)C)O[Si](O[Si](C)(C)C)(O2)O[Si](O[Si](C)(C)C)(O3)O[Si](O[Si](C)(C)CCCC2CC(=O)OC2=O)(O4)O1. The number of hydrogen-bond acceptors (Lipinski definition) is 23. The smallest absolute Gasteiger partial charge is 0.396 e. The lowest BCUT2D eigenvalue weighted by atomic mass is 10.0. The molecule has 69 heavy (non-hydrogen) atoms. The molecular weight excluding hydrogens is 1180 g/mol. The predicted molar refractivity (Wildman–Crippen MR) is 282 cm³/mol. The molecule has 23 nitrogen and oxygen atoms in total. The van der Waals surface area contributed by atoms with Gasteiger partial charge in [0.25, 0.3) is 0 Å². The van der Waals surface area contributed by atoms with Crippen LogP contribution >= 0.6 is 0 Å². The van der Waals surface area contributed by atoms with Gasteiger partial charge in [-0.05, 0) is 163 Å². The van der Waals surface area contributed by atoms with E-state index in [0.717, 1.165) is 0 Å². The van der Waals surface area contributed by atoms with Gasteiger partial charge in [-0.3, -0.25) is 9.59 Å². The third-order valence-electron chi connectivity index (χ3n) is 8.71. The second-order valence-electron chi connectivity index (χ2n) is 25.2. The van der Waals surface area contributed by atoms with Gasteiger partial charge in [0, 0.05) is 0 Å². The van der Waals surface area contributed by atoms with Gasteiger partial charge < -0.3 is 87.0 Å². The topological polar surface area (TPSA) is 228 Å². The van der Waals surface area contributed by atoms with Gasteiger partial charge in [-0.15, -0.1) is 0 Å². The highest BCUT2D eigenvalue weighted by atomic mass is 28.7. The molecule has 8 bridgehead atoms. The number of ether oxygens (including phenoxy) is 1. The highest BCUT2D eigenvalue weighted by molar-refractivity contribution is 7.04. The monoisotopic (exact) mass is 1250 g/mol. The lowest BCUT2D eigenvalue weighted by Gasteiger charge is -2.60. The summed E-state index contributed by atoms with van der Waals surface area (Å²) in [6.07, 6.45) is 0.822. The van der Waals surface area contributed by atoms with Crippen LogP contribution < -0.4 is 0 Å². The van der Waals surface area contributed by atoms with Crippen molar-refractivity contribution in [3.05, 3.63) is 0 Å². The summed E-state index contributed by atoms with van der Waals surface area (Å²) in [5, 5.41) is 0. The molecule has 0 radical (unpaired) electrons. The van der Waals surface area contributed by atoms with Crippen LogP contribution in [-0.4, -0.2) is 151 Å². The molecule has 0 aromatic carbocycles. The highest BCUT2D eigenvalue weighted by Crippen LogP contribution is 2.53. The van der Waals surface area contributed by atoms with E-state index in [4.69, 9.17) is 87.0 Å². The van der Waals surface area contributed by atoms with Gasteiger partial charge in [0.15, 0.2) is 66.5 Å². The molecule has 0 aromatic heterocycles. The van der Waals surface area contributed by atoms with Crippen molar-refractivity contribution < 1.29 is 96.6 Å². The minimum Gasteiger partial charge on any atom is -0.396 e. The van der Waals surface area contributed by atoms with Crippen molar-refractivity contribution in [2.75, 3.05) is 0 Å². The van der Waals surface area contributed by atoms with Crippen molar-refractivity contribution >= 4 is 151 Å².